The van der Waals surface area contributed by atoms with Crippen molar-refractivity contribution in [1.29, 1.82) is 0 Å². The summed E-state index contributed by atoms with van der Waals surface area (Å²) in [6.45, 7) is 1.66. The number of benzene rings is 1. The number of carboxylic acids is 1. The number of aryl methyl sites for hydroxylation is 1. The number of hydrogen-bond acceptors (Lipinski definition) is 7. The number of aromatic nitrogens is 3. The average Bonchev–Trinajstić information content (AvgIpc) is 2.64. The van der Waals surface area contributed by atoms with Crippen molar-refractivity contribution in [1.82, 2.24) is 15.0 Å². The Balaban J connectivity index is 2.19. The molecule has 1 N–H and O–H groups in total. The number of esters is 1. The highest BCUT2D eigenvalue weighted by Gasteiger charge is 2.34. The Morgan fingerprint density at radius 1 is 0.968 bits per heavy atom. The fourth-order valence-corrected chi connectivity index (χ4v) is 2.70. The fraction of sp³-hybridized carbons (Fsp3) is 0.353. The minimum Gasteiger partial charge on any atom is -0.490 e. The minimum absolute atomic E-state index is 0.0200. The molecule has 0 saturated heterocycles. The van der Waals surface area contributed by atoms with Crippen LogP contribution in [0.5, 0.6) is 5.75 Å². The molecule has 0 unspecified atom stereocenters. The molecule has 1 heterocycles. The molecule has 2 aromatic rings. The lowest BCUT2D eigenvalue weighted by molar-refractivity contribution is -0.151. The van der Waals surface area contributed by atoms with Gasteiger partial charge in [0.05, 0.1) is 0 Å². The standard InChI is InChI=1S/C17H13Cl6N3O5/c1-8-6-9(2-3-10(8)30-4-5-31-12(29)7-11(27)28)13-24-14(16(18,19)20)26-15(25-13)17(21,22)23/h2-3,6H,4-5,7H2,1H3,(H,27,28). The largest absolute Gasteiger partial charge is 0.490 e. The summed E-state index contributed by atoms with van der Waals surface area (Å²) >= 11 is 35.3. The quantitative estimate of drug-likeness (QED) is 0.224. The van der Waals surface area contributed by atoms with E-state index in [1.165, 1.54) is 0 Å². The zero-order valence-electron chi connectivity index (χ0n) is 15.5. The topological polar surface area (TPSA) is 112 Å². The van der Waals surface area contributed by atoms with Crippen LogP contribution < -0.4 is 4.74 Å². The number of hydrogen-bond donors (Lipinski definition) is 1. The number of ether oxygens (including phenoxy) is 2. The minimum atomic E-state index is -1.97. The molecule has 0 atom stereocenters. The number of aliphatic carboxylic acids is 1. The van der Waals surface area contributed by atoms with Crippen molar-refractivity contribution in [3.05, 3.63) is 35.4 Å². The van der Waals surface area contributed by atoms with Crippen molar-refractivity contribution in [2.45, 2.75) is 20.9 Å². The Labute approximate surface area is 206 Å². The Morgan fingerprint density at radius 2 is 1.55 bits per heavy atom. The van der Waals surface area contributed by atoms with Gasteiger partial charge in [-0.3, -0.25) is 9.59 Å². The molecular weight excluding hydrogens is 539 g/mol. The third-order valence-electron chi connectivity index (χ3n) is 3.48. The molecule has 14 heteroatoms. The summed E-state index contributed by atoms with van der Waals surface area (Å²) in [5.41, 5.74) is 1.19. The molecule has 2 rings (SSSR count). The molecule has 8 nitrogen and oxygen atoms in total. The van der Waals surface area contributed by atoms with Gasteiger partial charge in [0, 0.05) is 5.56 Å². The molecule has 0 aliphatic rings. The third-order valence-corrected chi connectivity index (χ3v) is 4.49. The van der Waals surface area contributed by atoms with Gasteiger partial charge in [-0.15, -0.1) is 0 Å². The molecule has 168 valence electrons. The fourth-order valence-electron chi connectivity index (χ4n) is 2.19. The highest BCUT2D eigenvalue weighted by Crippen LogP contribution is 2.40. The molecule has 0 fully saturated rings. The molecule has 0 aliphatic carbocycles. The van der Waals surface area contributed by atoms with E-state index in [2.05, 4.69) is 15.0 Å². The predicted molar refractivity (Wildman–Crippen MR) is 117 cm³/mol. The number of halogens is 6. The summed E-state index contributed by atoms with van der Waals surface area (Å²) in [6.07, 6.45) is -0.716. The first kappa shape index (κ1) is 26.0. The monoisotopic (exact) mass is 549 g/mol. The van der Waals surface area contributed by atoms with E-state index in [0.29, 0.717) is 16.9 Å². The molecule has 0 amide bonds. The van der Waals surface area contributed by atoms with Crippen molar-refractivity contribution >= 4 is 81.5 Å². The lowest BCUT2D eigenvalue weighted by Crippen LogP contribution is -2.17. The van der Waals surface area contributed by atoms with Crippen LogP contribution in [0.3, 0.4) is 0 Å². The predicted octanol–water partition coefficient (Wildman–Crippen LogP) is 4.90. The van der Waals surface area contributed by atoms with Crippen molar-refractivity contribution in [3.63, 3.8) is 0 Å². The van der Waals surface area contributed by atoms with Crippen molar-refractivity contribution in [3.8, 4) is 17.1 Å². The Kier molecular flexibility index (Phi) is 8.84. The number of alkyl halides is 6. The summed E-state index contributed by atoms with van der Waals surface area (Å²) in [7, 11) is 0. The van der Waals surface area contributed by atoms with Gasteiger partial charge in [-0.05, 0) is 30.7 Å². The maximum absolute atomic E-state index is 11.2. The van der Waals surface area contributed by atoms with E-state index in [4.69, 9.17) is 84.2 Å². The number of nitrogens with zero attached hydrogens (tertiary/aromatic N) is 3. The molecule has 0 saturated carbocycles. The van der Waals surface area contributed by atoms with E-state index in [0.717, 1.165) is 0 Å². The van der Waals surface area contributed by atoms with E-state index in [1.54, 1.807) is 25.1 Å². The first-order chi connectivity index (χ1) is 14.3. The van der Waals surface area contributed by atoms with Crippen LogP contribution in [0.25, 0.3) is 11.4 Å². The van der Waals surface area contributed by atoms with Gasteiger partial charge in [0.1, 0.15) is 25.4 Å². The zero-order chi connectivity index (χ0) is 23.4. The maximum atomic E-state index is 11.2. The number of carbonyl (C=O) groups is 2. The van der Waals surface area contributed by atoms with Crippen LogP contribution in [0, 0.1) is 6.92 Å². The van der Waals surface area contributed by atoms with E-state index in [-0.39, 0.29) is 30.7 Å². The van der Waals surface area contributed by atoms with E-state index < -0.39 is 25.9 Å². The number of rotatable bonds is 7. The Morgan fingerprint density at radius 3 is 2.03 bits per heavy atom. The lowest BCUT2D eigenvalue weighted by atomic mass is 10.1. The van der Waals surface area contributed by atoms with Gasteiger partial charge in [0.25, 0.3) is 0 Å². The highest BCUT2D eigenvalue weighted by atomic mass is 35.6. The smallest absolute Gasteiger partial charge is 0.317 e. The van der Waals surface area contributed by atoms with Crippen LogP contribution in [-0.2, 0) is 21.9 Å². The van der Waals surface area contributed by atoms with E-state index in [9.17, 15) is 9.59 Å². The molecule has 0 radical (unpaired) electrons. The first-order valence-electron chi connectivity index (χ1n) is 8.29. The summed E-state index contributed by atoms with van der Waals surface area (Å²) in [6, 6.07) is 4.93. The second-order valence-electron chi connectivity index (χ2n) is 5.92. The highest BCUT2D eigenvalue weighted by molar-refractivity contribution is 6.67. The summed E-state index contributed by atoms with van der Waals surface area (Å²) < 4.78 is 6.34. The molecule has 1 aromatic heterocycles. The number of carbonyl (C=O) groups excluding carboxylic acids is 1. The van der Waals surface area contributed by atoms with Crippen molar-refractivity contribution in [2.24, 2.45) is 0 Å². The SMILES string of the molecule is Cc1cc(-c2nc(C(Cl)(Cl)Cl)nc(C(Cl)(Cl)Cl)n2)ccc1OCCOC(=O)CC(=O)O. The van der Waals surface area contributed by atoms with Crippen LogP contribution in [0.1, 0.15) is 23.6 Å². The van der Waals surface area contributed by atoms with Gasteiger partial charge in [0.15, 0.2) is 17.5 Å². The van der Waals surface area contributed by atoms with Crippen LogP contribution in [0.4, 0.5) is 0 Å². The van der Waals surface area contributed by atoms with Crippen LogP contribution >= 0.6 is 69.6 Å². The van der Waals surface area contributed by atoms with Gasteiger partial charge in [0.2, 0.25) is 7.59 Å². The van der Waals surface area contributed by atoms with E-state index >= 15 is 0 Å². The summed E-state index contributed by atoms with van der Waals surface area (Å²) in [5, 5.41) is 8.51. The molecule has 1 aromatic carbocycles. The molecule has 0 bridgehead atoms. The van der Waals surface area contributed by atoms with Gasteiger partial charge in [-0.1, -0.05) is 69.6 Å². The average molecular weight is 552 g/mol. The van der Waals surface area contributed by atoms with Gasteiger partial charge < -0.3 is 14.6 Å². The Bertz CT molecular complexity index is 945. The maximum Gasteiger partial charge on any atom is 0.317 e. The lowest BCUT2D eigenvalue weighted by Gasteiger charge is -2.16. The third kappa shape index (κ3) is 7.97. The van der Waals surface area contributed by atoms with Crippen molar-refractivity contribution < 1.29 is 24.2 Å². The first-order valence-corrected chi connectivity index (χ1v) is 10.6. The molecule has 31 heavy (non-hydrogen) atoms. The molecule has 0 spiro atoms. The van der Waals surface area contributed by atoms with Crippen LogP contribution in [0.2, 0.25) is 0 Å². The zero-order valence-corrected chi connectivity index (χ0v) is 20.1. The van der Waals surface area contributed by atoms with Gasteiger partial charge >= 0.3 is 11.9 Å². The second kappa shape index (κ2) is 10.6. The van der Waals surface area contributed by atoms with Crippen LogP contribution in [0.15, 0.2) is 18.2 Å². The van der Waals surface area contributed by atoms with Crippen molar-refractivity contribution in [2.75, 3.05) is 13.2 Å². The summed E-state index contributed by atoms with van der Waals surface area (Å²) in [4.78, 5) is 33.8. The second-order valence-corrected chi connectivity index (χ2v) is 10.5. The Hall–Kier alpha value is -1.29. The van der Waals surface area contributed by atoms with Gasteiger partial charge in [-0.25, -0.2) is 15.0 Å². The number of carboxylic acid groups (broad SMARTS) is 1. The van der Waals surface area contributed by atoms with E-state index in [1.807, 2.05) is 0 Å². The molecular formula is C17H13Cl6N3O5. The normalized spacial score (nSPS) is 11.8. The molecule has 0 aliphatic heterocycles. The van der Waals surface area contributed by atoms with Gasteiger partial charge in [-0.2, -0.15) is 0 Å². The van der Waals surface area contributed by atoms with Crippen LogP contribution in [-0.4, -0.2) is 45.2 Å². The summed E-state index contributed by atoms with van der Waals surface area (Å²) in [5.74, 6) is -1.97.